The number of aromatic hydroxyl groups is 1. The first-order valence-electron chi connectivity index (χ1n) is 9.55. The highest BCUT2D eigenvalue weighted by Crippen LogP contribution is 2.24. The van der Waals surface area contributed by atoms with E-state index in [2.05, 4.69) is 10.6 Å². The van der Waals surface area contributed by atoms with Gasteiger partial charge in [-0.2, -0.15) is 0 Å². The van der Waals surface area contributed by atoms with Crippen LogP contribution in [0.1, 0.15) is 28.8 Å². The third-order valence-electron chi connectivity index (χ3n) is 4.33. The van der Waals surface area contributed by atoms with E-state index in [1.807, 2.05) is 30.3 Å². The predicted molar refractivity (Wildman–Crippen MR) is 110 cm³/mol. The van der Waals surface area contributed by atoms with Gasteiger partial charge in [0, 0.05) is 18.9 Å². The molecular formula is C22H26N2O6. The second-order valence-corrected chi connectivity index (χ2v) is 6.60. The minimum absolute atomic E-state index is 0.0491. The highest BCUT2D eigenvalue weighted by molar-refractivity contribution is 5.99. The maximum Gasteiger partial charge on any atom is 0.328 e. The number of phenols is 1. The number of hydrogen-bond donors (Lipinski definition) is 3. The van der Waals surface area contributed by atoms with Crippen molar-refractivity contribution in [2.75, 3.05) is 20.7 Å². The van der Waals surface area contributed by atoms with Crippen LogP contribution in [0.4, 0.5) is 0 Å². The van der Waals surface area contributed by atoms with Gasteiger partial charge < -0.3 is 25.2 Å². The summed E-state index contributed by atoms with van der Waals surface area (Å²) in [7, 11) is 3.03. The van der Waals surface area contributed by atoms with Crippen molar-refractivity contribution >= 4 is 17.8 Å². The first-order valence-corrected chi connectivity index (χ1v) is 9.55. The zero-order chi connectivity index (χ0) is 21.9. The summed E-state index contributed by atoms with van der Waals surface area (Å²) >= 11 is 0. The Morgan fingerprint density at radius 2 is 1.83 bits per heavy atom. The molecule has 2 aromatic rings. The van der Waals surface area contributed by atoms with E-state index in [0.717, 1.165) is 5.56 Å². The van der Waals surface area contributed by atoms with E-state index in [4.69, 9.17) is 9.47 Å². The van der Waals surface area contributed by atoms with Crippen molar-refractivity contribution < 1.29 is 29.0 Å². The minimum atomic E-state index is -0.922. The average Bonchev–Trinajstić information content (AvgIpc) is 2.73. The molecule has 3 N–H and O–H groups in total. The molecule has 0 heterocycles. The van der Waals surface area contributed by atoms with E-state index >= 15 is 0 Å². The van der Waals surface area contributed by atoms with Crippen LogP contribution >= 0.6 is 0 Å². The molecule has 0 aliphatic carbocycles. The van der Waals surface area contributed by atoms with E-state index in [0.29, 0.717) is 13.0 Å². The highest BCUT2D eigenvalue weighted by Gasteiger charge is 2.24. The molecule has 0 saturated heterocycles. The van der Waals surface area contributed by atoms with Gasteiger partial charge in [0.25, 0.3) is 5.91 Å². The zero-order valence-corrected chi connectivity index (χ0v) is 17.0. The van der Waals surface area contributed by atoms with E-state index in [9.17, 15) is 19.5 Å². The summed E-state index contributed by atoms with van der Waals surface area (Å²) in [4.78, 5) is 36.5. The number of nitrogens with one attached hydrogen (secondary N) is 2. The number of hydrogen-bond acceptors (Lipinski definition) is 7. The summed E-state index contributed by atoms with van der Waals surface area (Å²) in [6, 6.07) is 12.2. The number of amides is 1. The Morgan fingerprint density at radius 1 is 1.10 bits per heavy atom. The summed E-state index contributed by atoms with van der Waals surface area (Å²) in [6.45, 7) is 0.684. The standard InChI is InChI=1S/C22H26N2O6/c1-23-12-6-9-20(26)30-16-10-11-17(19(25)14-16)21(27)24-18(22(28)29-2)13-15-7-4-3-5-8-15/h3-5,7-8,10-11,14,18,23,25H,6,9,12-13H2,1-2H3,(H,24,27). The summed E-state index contributed by atoms with van der Waals surface area (Å²) in [5.74, 6) is -1.91. The van der Waals surface area contributed by atoms with Crippen LogP contribution in [0.2, 0.25) is 0 Å². The molecule has 0 aliphatic heterocycles. The molecule has 2 aromatic carbocycles. The monoisotopic (exact) mass is 414 g/mol. The number of ether oxygens (including phenoxy) is 2. The third kappa shape index (κ3) is 6.89. The lowest BCUT2D eigenvalue weighted by molar-refractivity contribution is -0.142. The van der Waals surface area contributed by atoms with Gasteiger partial charge in [0.05, 0.1) is 12.7 Å². The molecule has 160 valence electrons. The molecule has 8 heteroatoms. The van der Waals surface area contributed by atoms with E-state index in [1.54, 1.807) is 7.05 Å². The number of carbonyl (C=O) groups is 3. The fourth-order valence-electron chi connectivity index (χ4n) is 2.78. The minimum Gasteiger partial charge on any atom is -0.507 e. The predicted octanol–water partition coefficient (Wildman–Crippen LogP) is 1.81. The van der Waals surface area contributed by atoms with E-state index < -0.39 is 23.9 Å². The Kier molecular flexibility index (Phi) is 8.83. The van der Waals surface area contributed by atoms with Gasteiger partial charge in [-0.15, -0.1) is 0 Å². The maximum atomic E-state index is 12.6. The van der Waals surface area contributed by atoms with Crippen molar-refractivity contribution in [3.05, 3.63) is 59.7 Å². The number of carbonyl (C=O) groups excluding carboxylic acids is 3. The van der Waals surface area contributed by atoms with Crippen molar-refractivity contribution in [3.63, 3.8) is 0 Å². The smallest absolute Gasteiger partial charge is 0.328 e. The van der Waals surface area contributed by atoms with Crippen LogP contribution in [0, 0.1) is 0 Å². The normalized spacial score (nSPS) is 11.4. The number of phenolic OH excluding ortho intramolecular Hbond substituents is 1. The quantitative estimate of drug-likeness (QED) is 0.309. The van der Waals surface area contributed by atoms with Crippen LogP contribution in [-0.4, -0.2) is 49.7 Å². The van der Waals surface area contributed by atoms with Crippen LogP contribution < -0.4 is 15.4 Å². The Bertz CT molecular complexity index is 869. The molecule has 0 aliphatic rings. The molecule has 0 spiro atoms. The summed E-state index contributed by atoms with van der Waals surface area (Å²) < 4.78 is 9.94. The second-order valence-electron chi connectivity index (χ2n) is 6.60. The fourth-order valence-corrected chi connectivity index (χ4v) is 2.78. The lowest BCUT2D eigenvalue weighted by Gasteiger charge is -2.17. The average molecular weight is 414 g/mol. The molecule has 30 heavy (non-hydrogen) atoms. The van der Waals surface area contributed by atoms with E-state index in [1.165, 1.54) is 25.3 Å². The molecule has 0 aromatic heterocycles. The van der Waals surface area contributed by atoms with Crippen molar-refractivity contribution in [2.24, 2.45) is 0 Å². The first kappa shape index (κ1) is 22.9. The molecule has 1 unspecified atom stereocenters. The Balaban J connectivity index is 2.05. The number of benzene rings is 2. The molecular weight excluding hydrogens is 388 g/mol. The Labute approximate surface area is 175 Å². The maximum absolute atomic E-state index is 12.6. The topological polar surface area (TPSA) is 114 Å². The van der Waals surface area contributed by atoms with Gasteiger partial charge in [-0.3, -0.25) is 9.59 Å². The molecule has 8 nitrogen and oxygen atoms in total. The SMILES string of the molecule is CNCCCC(=O)Oc1ccc(C(=O)NC(Cc2ccccc2)C(=O)OC)c(O)c1. The summed E-state index contributed by atoms with van der Waals surface area (Å²) in [6.07, 6.45) is 1.09. The molecule has 1 atom stereocenters. The largest absolute Gasteiger partial charge is 0.507 e. The highest BCUT2D eigenvalue weighted by atomic mass is 16.5. The van der Waals surface area contributed by atoms with Crippen molar-refractivity contribution in [3.8, 4) is 11.5 Å². The van der Waals surface area contributed by atoms with Gasteiger partial charge in [-0.05, 0) is 37.7 Å². The second kappa shape index (κ2) is 11.6. The lowest BCUT2D eigenvalue weighted by Crippen LogP contribution is -2.43. The number of esters is 2. The number of rotatable bonds is 10. The van der Waals surface area contributed by atoms with Crippen LogP contribution in [0.5, 0.6) is 11.5 Å². The summed E-state index contributed by atoms with van der Waals surface area (Å²) in [5.41, 5.74) is 0.796. The van der Waals surface area contributed by atoms with Gasteiger partial charge in [0.2, 0.25) is 0 Å². The van der Waals surface area contributed by atoms with Gasteiger partial charge >= 0.3 is 11.9 Å². The Morgan fingerprint density at radius 3 is 2.47 bits per heavy atom. The molecule has 2 rings (SSSR count). The van der Waals surface area contributed by atoms with Crippen LogP contribution in [0.15, 0.2) is 48.5 Å². The van der Waals surface area contributed by atoms with Gasteiger partial charge in [0.15, 0.2) is 0 Å². The third-order valence-corrected chi connectivity index (χ3v) is 4.33. The zero-order valence-electron chi connectivity index (χ0n) is 17.0. The molecule has 0 radical (unpaired) electrons. The number of methoxy groups -OCH3 is 1. The van der Waals surface area contributed by atoms with Crippen LogP contribution in [-0.2, 0) is 20.7 Å². The lowest BCUT2D eigenvalue weighted by atomic mass is 10.1. The van der Waals surface area contributed by atoms with Crippen molar-refractivity contribution in [2.45, 2.75) is 25.3 Å². The molecule has 0 saturated carbocycles. The van der Waals surface area contributed by atoms with Crippen molar-refractivity contribution in [1.29, 1.82) is 0 Å². The van der Waals surface area contributed by atoms with Crippen LogP contribution in [0.3, 0.4) is 0 Å². The van der Waals surface area contributed by atoms with Crippen LogP contribution in [0.25, 0.3) is 0 Å². The molecule has 1 amide bonds. The van der Waals surface area contributed by atoms with Gasteiger partial charge in [-0.25, -0.2) is 4.79 Å². The molecule has 0 bridgehead atoms. The summed E-state index contributed by atoms with van der Waals surface area (Å²) in [5, 5.41) is 15.7. The van der Waals surface area contributed by atoms with Gasteiger partial charge in [0.1, 0.15) is 17.5 Å². The van der Waals surface area contributed by atoms with E-state index in [-0.39, 0.29) is 29.9 Å². The Hall–Kier alpha value is -3.39. The van der Waals surface area contributed by atoms with Gasteiger partial charge in [-0.1, -0.05) is 30.3 Å². The fraction of sp³-hybridized carbons (Fsp3) is 0.318. The van der Waals surface area contributed by atoms with Crippen molar-refractivity contribution in [1.82, 2.24) is 10.6 Å². The molecule has 0 fully saturated rings. The first-order chi connectivity index (χ1) is 14.4.